The molecule has 1 aromatic carbocycles. The fourth-order valence-corrected chi connectivity index (χ4v) is 3.57. The molecule has 9 heteroatoms. The van der Waals surface area contributed by atoms with Gasteiger partial charge in [-0.1, -0.05) is 6.07 Å². The van der Waals surface area contributed by atoms with Crippen LogP contribution in [-0.4, -0.2) is 58.9 Å². The lowest BCUT2D eigenvalue weighted by atomic mass is 10.1. The molecule has 2 aromatic rings. The molecule has 29 heavy (non-hydrogen) atoms. The van der Waals surface area contributed by atoms with Gasteiger partial charge in [0.25, 0.3) is 0 Å². The largest absolute Gasteiger partial charge is 0.493 e. The Hall–Kier alpha value is -2.65. The number of carbonyl (C=O) groups excluding carboxylic acids is 1. The Morgan fingerprint density at radius 2 is 2.07 bits per heavy atom. The molecule has 1 aliphatic rings. The number of benzene rings is 1. The van der Waals surface area contributed by atoms with Gasteiger partial charge in [-0.15, -0.1) is 0 Å². The Morgan fingerprint density at radius 1 is 1.31 bits per heavy atom. The van der Waals surface area contributed by atoms with Gasteiger partial charge in [0, 0.05) is 25.6 Å². The molecular weight excluding hydrogens is 372 g/mol. The van der Waals surface area contributed by atoms with E-state index in [4.69, 9.17) is 20.9 Å². The quantitative estimate of drug-likeness (QED) is 0.704. The predicted octanol–water partition coefficient (Wildman–Crippen LogP) is 0.856. The molecule has 0 aliphatic carbocycles. The second-order valence-electron chi connectivity index (χ2n) is 7.44. The first-order valence-electron chi connectivity index (χ1n) is 9.84. The fourth-order valence-electron chi connectivity index (χ4n) is 3.57. The van der Waals surface area contributed by atoms with Crippen molar-refractivity contribution in [3.63, 3.8) is 0 Å². The maximum atomic E-state index is 12.7. The van der Waals surface area contributed by atoms with Crippen LogP contribution in [0.2, 0.25) is 0 Å². The minimum absolute atomic E-state index is 0.00961. The Labute approximate surface area is 171 Å². The topological polar surface area (TPSA) is 122 Å². The van der Waals surface area contributed by atoms with Crippen LogP contribution in [-0.2, 0) is 17.8 Å². The fraction of sp³-hybridized carbons (Fsp3) is 0.550. The highest BCUT2D eigenvalue weighted by molar-refractivity contribution is 5.76. The summed E-state index contributed by atoms with van der Waals surface area (Å²) in [5, 5.41) is 4.55. The van der Waals surface area contributed by atoms with Crippen LogP contribution in [0.4, 0.5) is 0 Å². The number of likely N-dealkylation sites (tertiary alicyclic amines) is 1. The van der Waals surface area contributed by atoms with Crippen molar-refractivity contribution in [2.24, 2.45) is 11.5 Å². The highest BCUT2D eigenvalue weighted by atomic mass is 16.5. The minimum atomic E-state index is -0.335. The van der Waals surface area contributed by atoms with Gasteiger partial charge in [0.2, 0.25) is 5.91 Å². The van der Waals surface area contributed by atoms with Crippen LogP contribution in [0.5, 0.6) is 11.5 Å². The van der Waals surface area contributed by atoms with Crippen LogP contribution in [0.15, 0.2) is 18.2 Å². The van der Waals surface area contributed by atoms with Crippen molar-refractivity contribution in [2.45, 2.75) is 44.8 Å². The van der Waals surface area contributed by atoms with Crippen molar-refractivity contribution in [1.29, 1.82) is 0 Å². The SMILES string of the molecule is COc1ccc(Cc2nc([C@@H](C)N)n(CC(=O)N3CCC[C@H](N)C3)n2)cc1OC. The minimum Gasteiger partial charge on any atom is -0.493 e. The van der Waals surface area contributed by atoms with Gasteiger partial charge in [-0.25, -0.2) is 9.67 Å². The molecule has 0 bridgehead atoms. The number of hydrogen-bond acceptors (Lipinski definition) is 7. The van der Waals surface area contributed by atoms with Crippen LogP contribution in [0.1, 0.15) is 43.0 Å². The van der Waals surface area contributed by atoms with Crippen molar-refractivity contribution < 1.29 is 14.3 Å². The van der Waals surface area contributed by atoms with Crippen LogP contribution in [0, 0.1) is 0 Å². The third kappa shape index (κ3) is 5.04. The molecule has 0 radical (unpaired) electrons. The van der Waals surface area contributed by atoms with Crippen molar-refractivity contribution in [1.82, 2.24) is 19.7 Å². The molecule has 9 nitrogen and oxygen atoms in total. The number of nitrogens with two attached hydrogens (primary N) is 2. The summed E-state index contributed by atoms with van der Waals surface area (Å²) in [5.74, 6) is 2.50. The van der Waals surface area contributed by atoms with Gasteiger partial charge < -0.3 is 25.8 Å². The lowest BCUT2D eigenvalue weighted by molar-refractivity contribution is -0.133. The number of carbonyl (C=O) groups is 1. The van der Waals surface area contributed by atoms with Crippen molar-refractivity contribution in [3.8, 4) is 11.5 Å². The first kappa shape index (κ1) is 21.1. The maximum Gasteiger partial charge on any atom is 0.244 e. The average molecular weight is 402 g/mol. The molecule has 1 aromatic heterocycles. The number of piperidine rings is 1. The molecule has 0 spiro atoms. The van der Waals surface area contributed by atoms with Gasteiger partial charge in [0.05, 0.1) is 20.3 Å². The lowest BCUT2D eigenvalue weighted by Crippen LogP contribution is -2.47. The molecule has 3 rings (SSSR count). The number of nitrogens with zero attached hydrogens (tertiary/aromatic N) is 4. The normalized spacial score (nSPS) is 17.8. The first-order valence-corrected chi connectivity index (χ1v) is 9.84. The second kappa shape index (κ2) is 9.23. The zero-order valence-electron chi connectivity index (χ0n) is 17.3. The van der Waals surface area contributed by atoms with Crippen molar-refractivity contribution in [3.05, 3.63) is 35.4 Å². The maximum absolute atomic E-state index is 12.7. The Bertz CT molecular complexity index is 851. The molecule has 1 amide bonds. The van der Waals surface area contributed by atoms with E-state index in [1.54, 1.807) is 23.8 Å². The van der Waals surface area contributed by atoms with E-state index < -0.39 is 0 Å². The zero-order chi connectivity index (χ0) is 21.0. The summed E-state index contributed by atoms with van der Waals surface area (Å²) in [5.41, 5.74) is 13.1. The smallest absolute Gasteiger partial charge is 0.244 e. The Kier molecular flexibility index (Phi) is 6.71. The van der Waals surface area contributed by atoms with Crippen molar-refractivity contribution >= 4 is 5.91 Å². The second-order valence-corrected chi connectivity index (χ2v) is 7.44. The van der Waals surface area contributed by atoms with Gasteiger partial charge in [-0.3, -0.25) is 4.79 Å². The van der Waals surface area contributed by atoms with Crippen LogP contribution >= 0.6 is 0 Å². The van der Waals surface area contributed by atoms with Gasteiger partial charge in [0.15, 0.2) is 17.3 Å². The number of ether oxygens (including phenoxy) is 2. The molecule has 4 N–H and O–H groups in total. The molecule has 2 atom stereocenters. The van der Waals surface area contributed by atoms with E-state index in [2.05, 4.69) is 10.1 Å². The van der Waals surface area contributed by atoms with E-state index in [0.29, 0.717) is 36.1 Å². The van der Waals surface area contributed by atoms with Gasteiger partial charge in [-0.2, -0.15) is 5.10 Å². The number of hydrogen-bond donors (Lipinski definition) is 2. The molecule has 1 saturated heterocycles. The molecule has 1 fully saturated rings. The molecule has 0 unspecified atom stereocenters. The molecule has 2 heterocycles. The summed E-state index contributed by atoms with van der Waals surface area (Å²) in [6.45, 7) is 3.26. The predicted molar refractivity (Wildman–Crippen MR) is 109 cm³/mol. The highest BCUT2D eigenvalue weighted by Crippen LogP contribution is 2.28. The molecular formula is C20H30N6O3. The van der Waals surface area contributed by atoms with Crippen molar-refractivity contribution in [2.75, 3.05) is 27.3 Å². The summed E-state index contributed by atoms with van der Waals surface area (Å²) >= 11 is 0. The third-order valence-electron chi connectivity index (χ3n) is 5.06. The van der Waals surface area contributed by atoms with E-state index in [-0.39, 0.29) is 24.5 Å². The third-order valence-corrected chi connectivity index (χ3v) is 5.06. The van der Waals surface area contributed by atoms with Gasteiger partial charge in [-0.05, 0) is 37.5 Å². The number of methoxy groups -OCH3 is 2. The monoisotopic (exact) mass is 402 g/mol. The lowest BCUT2D eigenvalue weighted by Gasteiger charge is -2.30. The van der Waals surface area contributed by atoms with Crippen LogP contribution in [0.25, 0.3) is 0 Å². The van der Waals surface area contributed by atoms with Gasteiger partial charge >= 0.3 is 0 Å². The Balaban J connectivity index is 1.77. The Morgan fingerprint density at radius 3 is 2.72 bits per heavy atom. The van der Waals surface area contributed by atoms with Crippen LogP contribution < -0.4 is 20.9 Å². The van der Waals surface area contributed by atoms with Gasteiger partial charge in [0.1, 0.15) is 12.4 Å². The summed E-state index contributed by atoms with van der Waals surface area (Å²) in [7, 11) is 3.20. The number of amides is 1. The number of aromatic nitrogens is 3. The van der Waals surface area contributed by atoms with E-state index >= 15 is 0 Å². The molecule has 0 saturated carbocycles. The summed E-state index contributed by atoms with van der Waals surface area (Å²) < 4.78 is 12.3. The first-order chi connectivity index (χ1) is 13.9. The molecule has 1 aliphatic heterocycles. The van der Waals surface area contributed by atoms with E-state index in [1.807, 2.05) is 25.1 Å². The summed E-state index contributed by atoms with van der Waals surface area (Å²) in [6, 6.07) is 5.38. The zero-order valence-corrected chi connectivity index (χ0v) is 17.3. The standard InChI is InChI=1S/C20H30N6O3/c1-13(21)20-23-18(10-14-6-7-16(28-2)17(9-14)29-3)24-26(20)12-19(27)25-8-4-5-15(22)11-25/h6-7,9,13,15H,4-5,8,10-12,21-22H2,1-3H3/t13-,15+/m1/s1. The summed E-state index contributed by atoms with van der Waals surface area (Å²) in [6.07, 6.45) is 2.37. The average Bonchev–Trinajstić information content (AvgIpc) is 3.10. The molecule has 158 valence electrons. The number of rotatable bonds is 7. The van der Waals surface area contributed by atoms with E-state index in [0.717, 1.165) is 24.9 Å². The van der Waals surface area contributed by atoms with E-state index in [1.165, 1.54) is 0 Å². The summed E-state index contributed by atoms with van der Waals surface area (Å²) in [4.78, 5) is 19.1. The highest BCUT2D eigenvalue weighted by Gasteiger charge is 2.23. The van der Waals surface area contributed by atoms with E-state index in [9.17, 15) is 4.79 Å². The van der Waals surface area contributed by atoms with Crippen LogP contribution in [0.3, 0.4) is 0 Å².